The van der Waals surface area contributed by atoms with E-state index in [9.17, 15) is 0 Å². The molecule has 176 valence electrons. The van der Waals surface area contributed by atoms with Gasteiger partial charge in [-0.2, -0.15) is 0 Å². The second kappa shape index (κ2) is 13.6. The standard InChI is InChI=1S/C25H35N3O3.HI/c1-18(2)30-16-21-7-5-6-20(13-21)14-27-25(26-4)28-15-22-9-8-19(3)12-24(22)31-23-10-11-29-17-23;/h5-9,12-13,18,23H,10-11,14-17H2,1-4H3,(H2,26,27,28);1H. The van der Waals surface area contributed by atoms with Gasteiger partial charge in [-0.25, -0.2) is 0 Å². The Balaban J connectivity index is 0.00000363. The van der Waals surface area contributed by atoms with Gasteiger partial charge in [-0.1, -0.05) is 36.4 Å². The van der Waals surface area contributed by atoms with Crippen LogP contribution in [0, 0.1) is 6.92 Å². The summed E-state index contributed by atoms with van der Waals surface area (Å²) in [5.41, 5.74) is 4.65. The average molecular weight is 553 g/mol. The first kappa shape index (κ1) is 26.4. The van der Waals surface area contributed by atoms with Gasteiger partial charge in [-0.3, -0.25) is 4.99 Å². The van der Waals surface area contributed by atoms with Gasteiger partial charge in [0.05, 0.1) is 25.9 Å². The van der Waals surface area contributed by atoms with E-state index in [0.717, 1.165) is 30.3 Å². The Morgan fingerprint density at radius 3 is 2.62 bits per heavy atom. The van der Waals surface area contributed by atoms with Gasteiger partial charge in [0.15, 0.2) is 5.96 Å². The van der Waals surface area contributed by atoms with E-state index in [1.54, 1.807) is 7.05 Å². The molecule has 1 atom stereocenters. The van der Waals surface area contributed by atoms with Crippen molar-refractivity contribution in [1.29, 1.82) is 0 Å². The highest BCUT2D eigenvalue weighted by molar-refractivity contribution is 14.0. The molecule has 1 unspecified atom stereocenters. The van der Waals surface area contributed by atoms with Crippen molar-refractivity contribution in [2.45, 2.75) is 59.1 Å². The van der Waals surface area contributed by atoms with E-state index < -0.39 is 0 Å². The van der Waals surface area contributed by atoms with Crippen LogP contribution in [-0.4, -0.2) is 38.4 Å². The molecule has 0 radical (unpaired) electrons. The fraction of sp³-hybridized carbons (Fsp3) is 0.480. The minimum absolute atomic E-state index is 0. The molecule has 0 bridgehead atoms. The largest absolute Gasteiger partial charge is 0.488 e. The normalized spacial score (nSPS) is 16.0. The summed E-state index contributed by atoms with van der Waals surface area (Å²) < 4.78 is 17.4. The number of guanidine groups is 1. The third kappa shape index (κ3) is 8.60. The maximum atomic E-state index is 6.20. The van der Waals surface area contributed by atoms with E-state index >= 15 is 0 Å². The summed E-state index contributed by atoms with van der Waals surface area (Å²) in [4.78, 5) is 4.36. The molecular formula is C25H36IN3O3. The molecule has 2 N–H and O–H groups in total. The van der Waals surface area contributed by atoms with Crippen molar-refractivity contribution in [3.05, 3.63) is 64.7 Å². The highest BCUT2D eigenvalue weighted by Crippen LogP contribution is 2.23. The summed E-state index contributed by atoms with van der Waals surface area (Å²) >= 11 is 0. The van der Waals surface area contributed by atoms with Crippen molar-refractivity contribution in [3.8, 4) is 5.75 Å². The Bertz CT molecular complexity index is 867. The van der Waals surface area contributed by atoms with Crippen LogP contribution in [0.4, 0.5) is 0 Å². The van der Waals surface area contributed by atoms with E-state index in [4.69, 9.17) is 14.2 Å². The molecule has 1 saturated heterocycles. The molecule has 0 amide bonds. The van der Waals surface area contributed by atoms with Crippen molar-refractivity contribution >= 4 is 29.9 Å². The Hall–Kier alpha value is -1.84. The number of halogens is 1. The van der Waals surface area contributed by atoms with E-state index in [-0.39, 0.29) is 36.2 Å². The molecule has 1 aliphatic rings. The van der Waals surface area contributed by atoms with Crippen molar-refractivity contribution in [1.82, 2.24) is 10.6 Å². The third-order valence-electron chi connectivity index (χ3n) is 5.11. The second-order valence-electron chi connectivity index (χ2n) is 8.17. The molecule has 2 aromatic carbocycles. The highest BCUT2D eigenvalue weighted by atomic mass is 127. The number of hydrogen-bond acceptors (Lipinski definition) is 4. The molecule has 2 aromatic rings. The van der Waals surface area contributed by atoms with Crippen LogP contribution >= 0.6 is 24.0 Å². The number of rotatable bonds is 9. The van der Waals surface area contributed by atoms with Crippen molar-refractivity contribution in [2.75, 3.05) is 20.3 Å². The smallest absolute Gasteiger partial charge is 0.191 e. The summed E-state index contributed by atoms with van der Waals surface area (Å²) in [7, 11) is 1.78. The first-order valence-electron chi connectivity index (χ1n) is 11.0. The van der Waals surface area contributed by atoms with E-state index in [0.29, 0.717) is 26.3 Å². The first-order chi connectivity index (χ1) is 15.0. The number of nitrogens with zero attached hydrogens (tertiary/aromatic N) is 1. The number of ether oxygens (including phenoxy) is 3. The van der Waals surface area contributed by atoms with Crippen LogP contribution in [0.3, 0.4) is 0 Å². The Morgan fingerprint density at radius 1 is 1.12 bits per heavy atom. The average Bonchev–Trinajstić information content (AvgIpc) is 3.27. The summed E-state index contributed by atoms with van der Waals surface area (Å²) in [6.45, 7) is 9.55. The number of aryl methyl sites for hydroxylation is 1. The van der Waals surface area contributed by atoms with Gasteiger partial charge in [-0.05, 0) is 43.5 Å². The van der Waals surface area contributed by atoms with Crippen molar-refractivity contribution in [2.24, 2.45) is 4.99 Å². The zero-order valence-corrected chi connectivity index (χ0v) is 21.8. The number of hydrogen-bond donors (Lipinski definition) is 2. The highest BCUT2D eigenvalue weighted by Gasteiger charge is 2.18. The van der Waals surface area contributed by atoms with Gasteiger partial charge < -0.3 is 24.8 Å². The van der Waals surface area contributed by atoms with Gasteiger partial charge in [0.1, 0.15) is 11.9 Å². The molecule has 3 rings (SSSR count). The van der Waals surface area contributed by atoms with Crippen LogP contribution in [0.2, 0.25) is 0 Å². The zero-order chi connectivity index (χ0) is 22.1. The Kier molecular flexibility index (Phi) is 11.3. The lowest BCUT2D eigenvalue weighted by molar-refractivity contribution is 0.0657. The number of aliphatic imine (C=N–C) groups is 1. The van der Waals surface area contributed by atoms with Crippen LogP contribution in [-0.2, 0) is 29.2 Å². The van der Waals surface area contributed by atoms with Gasteiger partial charge in [0.2, 0.25) is 0 Å². The van der Waals surface area contributed by atoms with Crippen LogP contribution in [0.5, 0.6) is 5.75 Å². The van der Waals surface area contributed by atoms with E-state index in [1.165, 1.54) is 16.7 Å². The summed E-state index contributed by atoms with van der Waals surface area (Å²) in [6, 6.07) is 14.7. The predicted octanol–water partition coefficient (Wildman–Crippen LogP) is 4.57. The Labute approximate surface area is 209 Å². The lowest BCUT2D eigenvalue weighted by Gasteiger charge is -2.18. The van der Waals surface area contributed by atoms with Gasteiger partial charge in [-0.15, -0.1) is 24.0 Å². The summed E-state index contributed by atoms with van der Waals surface area (Å²) in [5.74, 6) is 1.66. The lowest BCUT2D eigenvalue weighted by Crippen LogP contribution is -2.36. The molecule has 0 saturated carbocycles. The van der Waals surface area contributed by atoms with E-state index in [2.05, 4.69) is 65.0 Å². The van der Waals surface area contributed by atoms with Crippen LogP contribution in [0.25, 0.3) is 0 Å². The van der Waals surface area contributed by atoms with Gasteiger partial charge >= 0.3 is 0 Å². The topological polar surface area (TPSA) is 64.1 Å². The third-order valence-corrected chi connectivity index (χ3v) is 5.11. The molecule has 0 aromatic heterocycles. The first-order valence-corrected chi connectivity index (χ1v) is 11.0. The molecule has 0 aliphatic carbocycles. The Morgan fingerprint density at radius 2 is 1.91 bits per heavy atom. The summed E-state index contributed by atoms with van der Waals surface area (Å²) in [5, 5.41) is 6.79. The molecule has 1 aliphatic heterocycles. The molecule has 0 spiro atoms. The quantitative estimate of drug-likeness (QED) is 0.271. The number of benzene rings is 2. The second-order valence-corrected chi connectivity index (χ2v) is 8.17. The van der Waals surface area contributed by atoms with Crippen molar-refractivity contribution < 1.29 is 14.2 Å². The maximum absolute atomic E-state index is 6.20. The lowest BCUT2D eigenvalue weighted by atomic mass is 10.1. The molecule has 1 fully saturated rings. The van der Waals surface area contributed by atoms with Crippen LogP contribution in [0.1, 0.15) is 42.5 Å². The molecule has 7 heteroatoms. The van der Waals surface area contributed by atoms with Gasteiger partial charge in [0.25, 0.3) is 0 Å². The zero-order valence-electron chi connectivity index (χ0n) is 19.5. The molecule has 32 heavy (non-hydrogen) atoms. The van der Waals surface area contributed by atoms with Crippen LogP contribution in [0.15, 0.2) is 47.5 Å². The van der Waals surface area contributed by atoms with E-state index in [1.807, 2.05) is 13.8 Å². The van der Waals surface area contributed by atoms with Gasteiger partial charge in [0, 0.05) is 32.1 Å². The fourth-order valence-electron chi connectivity index (χ4n) is 3.38. The van der Waals surface area contributed by atoms with Crippen molar-refractivity contribution in [3.63, 3.8) is 0 Å². The minimum Gasteiger partial charge on any atom is -0.488 e. The monoisotopic (exact) mass is 553 g/mol. The molecule has 1 heterocycles. The fourth-order valence-corrected chi connectivity index (χ4v) is 3.38. The van der Waals surface area contributed by atoms with Crippen LogP contribution < -0.4 is 15.4 Å². The summed E-state index contributed by atoms with van der Waals surface area (Å²) in [6.07, 6.45) is 1.29. The predicted molar refractivity (Wildman–Crippen MR) is 140 cm³/mol. The maximum Gasteiger partial charge on any atom is 0.191 e. The SMILES string of the molecule is CN=C(NCc1cccc(COC(C)C)c1)NCc1ccc(C)cc1OC1CCOC1.I. The molecule has 6 nitrogen and oxygen atoms in total. The molecular weight excluding hydrogens is 517 g/mol. The number of nitrogens with one attached hydrogen (secondary N) is 2. The minimum atomic E-state index is 0.